The van der Waals surface area contributed by atoms with Gasteiger partial charge in [-0.3, -0.25) is 24.0 Å². The molecule has 5 rings (SSSR count). The first-order chi connectivity index (χ1) is 21.9. The zero-order valence-electron chi connectivity index (χ0n) is 24.5. The van der Waals surface area contributed by atoms with Gasteiger partial charge in [-0.15, -0.1) is 0 Å². The monoisotopic (exact) mass is 616 g/mol. The second-order valence-electron chi connectivity index (χ2n) is 10.2. The molecule has 1 atom stereocenters. The molecule has 0 saturated heterocycles. The molecule has 1 aliphatic heterocycles. The first-order valence-corrected chi connectivity index (χ1v) is 14.5. The summed E-state index contributed by atoms with van der Waals surface area (Å²) in [5.74, 6) is -0.895. The average molecular weight is 617 g/mol. The Morgan fingerprint density at radius 1 is 0.933 bits per heavy atom. The maximum atomic E-state index is 13.4. The van der Waals surface area contributed by atoms with Crippen LogP contribution in [0.25, 0.3) is 10.9 Å². The van der Waals surface area contributed by atoms with Gasteiger partial charge in [-0.25, -0.2) is 4.98 Å². The van der Waals surface area contributed by atoms with Crippen LogP contribution in [-0.4, -0.2) is 93.8 Å². The lowest BCUT2D eigenvalue weighted by Gasteiger charge is -2.22. The van der Waals surface area contributed by atoms with Crippen molar-refractivity contribution in [3.63, 3.8) is 0 Å². The van der Waals surface area contributed by atoms with E-state index in [4.69, 9.17) is 9.90 Å². The number of hydrogen-bond acceptors (Lipinski definition) is 7. The number of rotatable bonds is 3. The normalized spacial score (nSPS) is 16.8. The van der Waals surface area contributed by atoms with E-state index in [0.29, 0.717) is 50.5 Å². The minimum Gasteiger partial charge on any atom is -0.483 e. The first kappa shape index (κ1) is 32.3. The van der Waals surface area contributed by atoms with Crippen LogP contribution in [0, 0.1) is 0 Å². The Kier molecular flexibility index (Phi) is 11.7. The summed E-state index contributed by atoms with van der Waals surface area (Å²) in [6, 6.07) is 15.3. The highest BCUT2D eigenvalue weighted by Gasteiger charge is 2.24. The van der Waals surface area contributed by atoms with E-state index in [1.54, 1.807) is 36.5 Å². The molecule has 4 heterocycles. The molecule has 4 aromatic rings. The zero-order chi connectivity index (χ0) is 32.0. The lowest BCUT2D eigenvalue weighted by atomic mass is 10.0. The number of nitrogens with one attached hydrogen (secondary N) is 6. The van der Waals surface area contributed by atoms with Gasteiger partial charge in [0.25, 0.3) is 18.3 Å². The van der Waals surface area contributed by atoms with Gasteiger partial charge in [-0.1, -0.05) is 24.3 Å². The van der Waals surface area contributed by atoms with Gasteiger partial charge in [-0.2, -0.15) is 0 Å². The molecule has 7 N–H and O–H groups in total. The van der Waals surface area contributed by atoms with Crippen molar-refractivity contribution >= 4 is 46.8 Å². The smallest absolute Gasteiger partial charge is 0.290 e. The summed E-state index contributed by atoms with van der Waals surface area (Å²) in [5, 5.41) is 19.6. The number of aromatic amines is 2. The molecule has 3 aromatic heterocycles. The van der Waals surface area contributed by atoms with Crippen molar-refractivity contribution < 1.29 is 29.1 Å². The maximum Gasteiger partial charge on any atom is 0.290 e. The van der Waals surface area contributed by atoms with Gasteiger partial charge in [0.15, 0.2) is 0 Å². The van der Waals surface area contributed by atoms with Gasteiger partial charge in [-0.05, 0) is 48.7 Å². The molecule has 4 amide bonds. The van der Waals surface area contributed by atoms with Crippen LogP contribution in [0.4, 0.5) is 5.82 Å². The molecule has 1 unspecified atom stereocenters. The molecule has 1 aliphatic rings. The molecule has 0 fully saturated rings. The number of nitrogens with zero attached hydrogens (tertiary/aromatic N) is 2. The lowest BCUT2D eigenvalue weighted by Crippen LogP contribution is -2.48. The van der Waals surface area contributed by atoms with Crippen LogP contribution >= 0.6 is 0 Å². The zero-order valence-corrected chi connectivity index (χ0v) is 24.5. The van der Waals surface area contributed by atoms with E-state index in [2.05, 4.69) is 36.2 Å². The van der Waals surface area contributed by atoms with Gasteiger partial charge in [0.1, 0.15) is 23.2 Å². The number of H-pyrrole nitrogens is 2. The topological polar surface area (TPSA) is 201 Å². The second kappa shape index (κ2) is 16.3. The Balaban J connectivity index is 0.00000148. The number of para-hydroxylation sites is 1. The van der Waals surface area contributed by atoms with Crippen LogP contribution in [0.3, 0.4) is 0 Å². The standard InChI is InChI=1S/C30H34N8O4.CH2O2/c39-27-19-38(30(42)24-10-6-13-31-24)16-4-3-12-34-28(40)25(17-20-18-35-22-8-2-1-7-21(20)22)37-29(41)23-9-5-11-26(36-23)32-14-15-33-27;2-1-3/h1-2,5-11,13,18,25,31,35H,3-4,12,14-17,19H2,(H,32,36)(H,33,39)(H,34,40)(H,37,41);1H,(H,2,3). The highest BCUT2D eigenvalue weighted by Crippen LogP contribution is 2.19. The largest absolute Gasteiger partial charge is 0.483 e. The average Bonchev–Trinajstić information content (AvgIpc) is 3.73. The summed E-state index contributed by atoms with van der Waals surface area (Å²) in [4.78, 5) is 72.6. The number of amides is 4. The number of carboxylic acid groups (broad SMARTS) is 1. The van der Waals surface area contributed by atoms with Crippen LogP contribution in [0.2, 0.25) is 0 Å². The maximum absolute atomic E-state index is 13.4. The highest BCUT2D eigenvalue weighted by atomic mass is 16.3. The lowest BCUT2D eigenvalue weighted by molar-refractivity contribution is -0.123. The molecule has 14 nitrogen and oxygen atoms in total. The minimum absolute atomic E-state index is 0.0942. The number of carbonyl (C=O) groups excluding carboxylic acids is 4. The van der Waals surface area contributed by atoms with Gasteiger partial charge in [0, 0.05) is 55.9 Å². The molecule has 0 aliphatic carbocycles. The van der Waals surface area contributed by atoms with Crippen LogP contribution in [-0.2, 0) is 20.8 Å². The quantitative estimate of drug-likeness (QED) is 0.168. The fourth-order valence-corrected chi connectivity index (χ4v) is 4.89. The van der Waals surface area contributed by atoms with E-state index < -0.39 is 11.9 Å². The van der Waals surface area contributed by atoms with E-state index in [0.717, 1.165) is 16.5 Å². The number of anilines is 1. The summed E-state index contributed by atoms with van der Waals surface area (Å²) < 4.78 is 0. The Bertz CT molecular complexity index is 1600. The van der Waals surface area contributed by atoms with Gasteiger partial charge in [0.05, 0.1) is 6.54 Å². The molecule has 1 aromatic carbocycles. The van der Waals surface area contributed by atoms with Crippen molar-refractivity contribution in [3.05, 3.63) is 83.9 Å². The third-order valence-corrected chi connectivity index (χ3v) is 7.06. The van der Waals surface area contributed by atoms with Crippen LogP contribution in [0.5, 0.6) is 0 Å². The predicted molar refractivity (Wildman–Crippen MR) is 167 cm³/mol. The Labute approximate surface area is 259 Å². The molecule has 2 bridgehead atoms. The molecule has 0 radical (unpaired) electrons. The van der Waals surface area contributed by atoms with E-state index >= 15 is 0 Å². The third-order valence-electron chi connectivity index (χ3n) is 7.06. The second-order valence-corrected chi connectivity index (χ2v) is 10.2. The van der Waals surface area contributed by atoms with Crippen LogP contribution in [0.1, 0.15) is 39.4 Å². The number of hydrogen-bond donors (Lipinski definition) is 7. The molecule has 0 saturated carbocycles. The van der Waals surface area contributed by atoms with Gasteiger partial charge < -0.3 is 41.2 Å². The molecular formula is C31H36N8O6. The van der Waals surface area contributed by atoms with Gasteiger partial charge in [0.2, 0.25) is 11.8 Å². The van der Waals surface area contributed by atoms with E-state index in [-0.39, 0.29) is 42.9 Å². The van der Waals surface area contributed by atoms with E-state index in [1.807, 2.05) is 30.5 Å². The van der Waals surface area contributed by atoms with Crippen molar-refractivity contribution in [3.8, 4) is 0 Å². The number of fused-ring (bicyclic) bond motifs is 3. The number of pyridine rings is 1. The Morgan fingerprint density at radius 2 is 1.73 bits per heavy atom. The number of benzene rings is 1. The third kappa shape index (κ3) is 9.16. The molecular weight excluding hydrogens is 580 g/mol. The Morgan fingerprint density at radius 3 is 2.53 bits per heavy atom. The van der Waals surface area contributed by atoms with Crippen molar-refractivity contribution in [1.82, 2.24) is 35.8 Å². The van der Waals surface area contributed by atoms with Crippen LogP contribution in [0.15, 0.2) is 67.0 Å². The summed E-state index contributed by atoms with van der Waals surface area (Å²) in [6.45, 7) is 0.994. The SMILES string of the molecule is O=C1CN(C(=O)c2ccc[nH]2)CCCCNC(=O)C(Cc2c[nH]c3ccccc23)NC(=O)c2cccc(n2)NCCN1.O=CO. The van der Waals surface area contributed by atoms with Crippen LogP contribution < -0.4 is 21.3 Å². The van der Waals surface area contributed by atoms with Crippen molar-refractivity contribution in [2.45, 2.75) is 25.3 Å². The number of carbonyl (C=O) groups is 5. The molecule has 236 valence electrons. The predicted octanol–water partition coefficient (Wildman–Crippen LogP) is 1.51. The van der Waals surface area contributed by atoms with E-state index in [9.17, 15) is 19.2 Å². The fourth-order valence-electron chi connectivity index (χ4n) is 4.89. The van der Waals surface area contributed by atoms with E-state index in [1.165, 1.54) is 4.90 Å². The minimum atomic E-state index is -0.843. The van der Waals surface area contributed by atoms with Crippen molar-refractivity contribution in [1.29, 1.82) is 0 Å². The fraction of sp³-hybridized carbons (Fsp3) is 0.290. The first-order valence-electron chi connectivity index (χ1n) is 14.5. The van der Waals surface area contributed by atoms with Gasteiger partial charge >= 0.3 is 0 Å². The summed E-state index contributed by atoms with van der Waals surface area (Å²) in [5.41, 5.74) is 2.42. The van der Waals surface area contributed by atoms with Crippen molar-refractivity contribution in [2.24, 2.45) is 0 Å². The summed E-state index contributed by atoms with van der Waals surface area (Å²) in [7, 11) is 0. The molecule has 14 heteroatoms. The molecule has 45 heavy (non-hydrogen) atoms. The summed E-state index contributed by atoms with van der Waals surface area (Å²) in [6.07, 6.45) is 4.94. The Hall–Kier alpha value is -5.66. The number of aromatic nitrogens is 3. The molecule has 0 spiro atoms. The summed E-state index contributed by atoms with van der Waals surface area (Å²) >= 11 is 0. The highest BCUT2D eigenvalue weighted by molar-refractivity contribution is 5.97. The van der Waals surface area contributed by atoms with Crippen molar-refractivity contribution in [2.75, 3.05) is 38.0 Å².